The molecular weight excluding hydrogens is 551 g/mol. The number of ether oxygens (including phenoxy) is 1. The Morgan fingerprint density at radius 1 is 1.02 bits per heavy atom. The molecule has 0 aromatic heterocycles. The highest BCUT2D eigenvalue weighted by molar-refractivity contribution is 7.92. The lowest BCUT2D eigenvalue weighted by Gasteiger charge is -2.17. The third kappa shape index (κ3) is 10.1. The SMILES string of the molecule is COC(=O)CC(CCc1ccc(NS(=O)(=O)c2ccccc2)cc1)c1cccc(C(=N)N)c1.O=C(O)C(F)(F)F. The van der Waals surface area contributed by atoms with Crippen LogP contribution in [0, 0.1) is 5.41 Å². The molecular formula is C27H28F3N3O6S. The van der Waals surface area contributed by atoms with E-state index in [0.29, 0.717) is 24.1 Å². The number of esters is 1. The summed E-state index contributed by atoms with van der Waals surface area (Å²) in [5.41, 5.74) is 8.62. The first-order valence-electron chi connectivity index (χ1n) is 11.7. The molecule has 0 aliphatic carbocycles. The molecule has 0 heterocycles. The topological polar surface area (TPSA) is 160 Å². The van der Waals surface area contributed by atoms with E-state index in [2.05, 4.69) is 4.72 Å². The zero-order valence-corrected chi connectivity index (χ0v) is 22.1. The Kier molecular flexibility index (Phi) is 11.2. The highest BCUT2D eigenvalue weighted by atomic mass is 32.2. The molecule has 0 saturated heterocycles. The van der Waals surface area contributed by atoms with E-state index in [4.69, 9.17) is 25.8 Å². The van der Waals surface area contributed by atoms with Crippen molar-refractivity contribution in [2.24, 2.45) is 5.73 Å². The highest BCUT2D eigenvalue weighted by Gasteiger charge is 2.38. The summed E-state index contributed by atoms with van der Waals surface area (Å²) in [5.74, 6) is -3.19. The minimum atomic E-state index is -5.08. The quantitative estimate of drug-likeness (QED) is 0.154. The van der Waals surface area contributed by atoms with Crippen molar-refractivity contribution < 1.29 is 41.0 Å². The van der Waals surface area contributed by atoms with Gasteiger partial charge in [0.1, 0.15) is 5.84 Å². The van der Waals surface area contributed by atoms with Gasteiger partial charge < -0.3 is 15.6 Å². The van der Waals surface area contributed by atoms with E-state index >= 15 is 0 Å². The fourth-order valence-corrected chi connectivity index (χ4v) is 4.60. The number of aliphatic carboxylic acids is 1. The molecule has 3 rings (SSSR count). The number of hydrogen-bond donors (Lipinski definition) is 4. The van der Waals surface area contributed by atoms with Gasteiger partial charge in [0.05, 0.1) is 18.4 Å². The van der Waals surface area contributed by atoms with Gasteiger partial charge in [-0.15, -0.1) is 0 Å². The van der Waals surface area contributed by atoms with Crippen LogP contribution in [0.2, 0.25) is 0 Å². The van der Waals surface area contributed by atoms with Crippen molar-refractivity contribution >= 4 is 33.5 Å². The number of sulfonamides is 1. The van der Waals surface area contributed by atoms with Gasteiger partial charge in [-0.05, 0) is 60.2 Å². The van der Waals surface area contributed by atoms with Crippen LogP contribution in [0.1, 0.15) is 35.4 Å². The summed E-state index contributed by atoms with van der Waals surface area (Å²) in [7, 11) is -2.28. The Morgan fingerprint density at radius 3 is 2.15 bits per heavy atom. The number of nitrogens with two attached hydrogens (primary N) is 1. The van der Waals surface area contributed by atoms with E-state index < -0.39 is 22.2 Å². The number of amidine groups is 1. The number of anilines is 1. The molecule has 0 fully saturated rings. The smallest absolute Gasteiger partial charge is 0.475 e. The molecule has 0 aliphatic heterocycles. The van der Waals surface area contributed by atoms with Gasteiger partial charge in [-0.3, -0.25) is 14.9 Å². The minimum absolute atomic E-state index is 0.0257. The van der Waals surface area contributed by atoms with E-state index in [1.807, 2.05) is 30.3 Å². The first-order chi connectivity index (χ1) is 18.7. The molecule has 1 unspecified atom stereocenters. The van der Waals surface area contributed by atoms with Crippen LogP contribution < -0.4 is 10.5 Å². The number of carbonyl (C=O) groups is 2. The monoisotopic (exact) mass is 579 g/mol. The number of aryl methyl sites for hydroxylation is 1. The summed E-state index contributed by atoms with van der Waals surface area (Å²) in [6.45, 7) is 0. The lowest BCUT2D eigenvalue weighted by molar-refractivity contribution is -0.192. The van der Waals surface area contributed by atoms with Crippen LogP contribution in [0.25, 0.3) is 0 Å². The first-order valence-corrected chi connectivity index (χ1v) is 13.2. The maximum Gasteiger partial charge on any atom is 0.490 e. The van der Waals surface area contributed by atoms with Crippen LogP contribution in [0.4, 0.5) is 18.9 Å². The van der Waals surface area contributed by atoms with Gasteiger partial charge in [-0.25, -0.2) is 13.2 Å². The predicted octanol–water partition coefficient (Wildman–Crippen LogP) is 4.68. The van der Waals surface area contributed by atoms with Crippen LogP contribution in [0.15, 0.2) is 83.8 Å². The Hall–Kier alpha value is -4.39. The minimum Gasteiger partial charge on any atom is -0.475 e. The van der Waals surface area contributed by atoms with Gasteiger partial charge in [-0.1, -0.05) is 48.5 Å². The highest BCUT2D eigenvalue weighted by Crippen LogP contribution is 2.27. The first kappa shape index (κ1) is 31.8. The number of carbonyl (C=O) groups excluding carboxylic acids is 1. The van der Waals surface area contributed by atoms with Gasteiger partial charge >= 0.3 is 18.1 Å². The molecule has 5 N–H and O–H groups in total. The lowest BCUT2D eigenvalue weighted by Crippen LogP contribution is -2.21. The fraction of sp³-hybridized carbons (Fsp3) is 0.222. The summed E-state index contributed by atoms with van der Waals surface area (Å²) in [4.78, 5) is 21.1. The molecule has 0 amide bonds. The van der Waals surface area contributed by atoms with Crippen molar-refractivity contribution in [3.05, 3.63) is 95.6 Å². The number of halogens is 3. The Balaban J connectivity index is 0.000000708. The molecule has 40 heavy (non-hydrogen) atoms. The second-order valence-electron chi connectivity index (χ2n) is 8.47. The van der Waals surface area contributed by atoms with Gasteiger partial charge in [0.2, 0.25) is 0 Å². The molecule has 0 aliphatic rings. The molecule has 0 spiro atoms. The summed E-state index contributed by atoms with van der Waals surface area (Å²) in [6, 6.07) is 22.7. The second kappa shape index (κ2) is 14.1. The summed E-state index contributed by atoms with van der Waals surface area (Å²) < 4.78 is 64.1. The van der Waals surface area contributed by atoms with Gasteiger partial charge in [0.25, 0.3) is 10.0 Å². The van der Waals surface area contributed by atoms with E-state index in [0.717, 1.165) is 11.1 Å². The Labute approximate surface area is 229 Å². The van der Waals surface area contributed by atoms with Crippen molar-refractivity contribution in [1.82, 2.24) is 0 Å². The third-order valence-corrected chi connectivity index (χ3v) is 6.99. The van der Waals surface area contributed by atoms with Crippen molar-refractivity contribution in [1.29, 1.82) is 5.41 Å². The van der Waals surface area contributed by atoms with Crippen molar-refractivity contribution in [2.75, 3.05) is 11.8 Å². The fourth-order valence-electron chi connectivity index (χ4n) is 3.53. The van der Waals surface area contributed by atoms with Gasteiger partial charge in [-0.2, -0.15) is 13.2 Å². The van der Waals surface area contributed by atoms with Gasteiger partial charge in [0, 0.05) is 11.3 Å². The van der Waals surface area contributed by atoms with Crippen LogP contribution in [-0.4, -0.2) is 44.6 Å². The summed E-state index contributed by atoms with van der Waals surface area (Å²) >= 11 is 0. The number of benzene rings is 3. The van der Waals surface area contributed by atoms with E-state index in [9.17, 15) is 26.4 Å². The average molecular weight is 580 g/mol. The standard InChI is InChI=1S/C25H27N3O4S.C2HF3O2/c1-32-24(29)17-20(19-6-5-7-21(16-19)25(26)27)13-10-18-11-14-22(15-12-18)28-33(30,31)23-8-3-2-4-9-23;3-2(4,5)1(6)7/h2-9,11-12,14-16,20,28H,10,13,17H2,1H3,(H3,26,27);(H,6,7). The molecule has 0 saturated carbocycles. The van der Waals surface area contributed by atoms with Crippen molar-refractivity contribution in [3.63, 3.8) is 0 Å². The van der Waals surface area contributed by atoms with Crippen LogP contribution in [0.5, 0.6) is 0 Å². The number of alkyl halides is 3. The number of methoxy groups -OCH3 is 1. The zero-order chi connectivity index (χ0) is 29.9. The third-order valence-electron chi connectivity index (χ3n) is 5.59. The van der Waals surface area contributed by atoms with E-state index in [-0.39, 0.29) is 29.0 Å². The maximum atomic E-state index is 12.5. The molecule has 3 aromatic carbocycles. The average Bonchev–Trinajstić information content (AvgIpc) is 2.92. The molecule has 0 bridgehead atoms. The van der Waals surface area contributed by atoms with Crippen molar-refractivity contribution in [3.8, 4) is 0 Å². The van der Waals surface area contributed by atoms with E-state index in [1.165, 1.54) is 7.11 Å². The number of rotatable bonds is 10. The summed E-state index contributed by atoms with van der Waals surface area (Å²) in [6.07, 6.45) is -3.52. The van der Waals surface area contributed by atoms with Crippen LogP contribution >= 0.6 is 0 Å². The molecule has 1 atom stereocenters. The van der Waals surface area contributed by atoms with Crippen molar-refractivity contribution in [2.45, 2.75) is 36.3 Å². The number of carboxylic acid groups (broad SMARTS) is 1. The second-order valence-corrected chi connectivity index (χ2v) is 10.2. The van der Waals surface area contributed by atoms with Gasteiger partial charge in [0.15, 0.2) is 0 Å². The number of nitrogen functional groups attached to an aromatic ring is 1. The maximum absolute atomic E-state index is 12.5. The van der Waals surface area contributed by atoms with Crippen LogP contribution in [0.3, 0.4) is 0 Å². The molecule has 0 radical (unpaired) electrons. The predicted molar refractivity (Wildman–Crippen MR) is 143 cm³/mol. The molecule has 214 valence electrons. The normalized spacial score (nSPS) is 11.9. The molecule has 3 aromatic rings. The zero-order valence-electron chi connectivity index (χ0n) is 21.3. The molecule has 9 nitrogen and oxygen atoms in total. The van der Waals surface area contributed by atoms with E-state index in [1.54, 1.807) is 48.5 Å². The summed E-state index contributed by atoms with van der Waals surface area (Å²) in [5, 5.41) is 14.8. The Bertz CT molecular complexity index is 1410. The number of carboxylic acids is 1. The lowest BCUT2D eigenvalue weighted by atomic mass is 9.88. The van der Waals surface area contributed by atoms with Crippen LogP contribution in [-0.2, 0) is 30.8 Å². The number of nitrogens with one attached hydrogen (secondary N) is 2. The number of hydrogen-bond acceptors (Lipinski definition) is 6. The largest absolute Gasteiger partial charge is 0.490 e. The Morgan fingerprint density at radius 2 is 1.62 bits per heavy atom. The molecule has 13 heteroatoms.